The molecule has 5 nitrogen and oxygen atoms in total. The van der Waals surface area contributed by atoms with Crippen LogP contribution in [0.3, 0.4) is 0 Å². The Morgan fingerprint density at radius 3 is 2.75 bits per heavy atom. The quantitative estimate of drug-likeness (QED) is 0.755. The maximum absolute atomic E-state index is 13.4. The minimum atomic E-state index is -1.00. The number of amides is 2. The van der Waals surface area contributed by atoms with Crippen molar-refractivity contribution >= 4 is 29.3 Å². The van der Waals surface area contributed by atoms with Crippen molar-refractivity contribution in [3.05, 3.63) is 29.0 Å². The van der Waals surface area contributed by atoms with Crippen LogP contribution in [0.15, 0.2) is 18.2 Å². The maximum Gasteiger partial charge on any atom is 0.319 e. The number of carboxylic acid groups (broad SMARTS) is 1. The number of hydrogen-bond donors (Lipinski definition) is 3. The average Bonchev–Trinajstić information content (AvgIpc) is 2.33. The second-order valence-electron chi connectivity index (χ2n) is 4.31. The van der Waals surface area contributed by atoms with Gasteiger partial charge >= 0.3 is 12.0 Å². The molecule has 0 aromatic heterocycles. The predicted octanol–water partition coefficient (Wildman–Crippen LogP) is 3.24. The van der Waals surface area contributed by atoms with Gasteiger partial charge in [-0.3, -0.25) is 4.79 Å². The van der Waals surface area contributed by atoms with Gasteiger partial charge in [0, 0.05) is 11.1 Å². The zero-order valence-corrected chi connectivity index (χ0v) is 11.7. The SMILES string of the molecule is CCCC(CC(=O)O)NC(=O)Nc1cc(Cl)ccc1F. The van der Waals surface area contributed by atoms with Crippen molar-refractivity contribution < 1.29 is 19.1 Å². The Bertz CT molecular complexity index is 497. The molecule has 0 bridgehead atoms. The van der Waals surface area contributed by atoms with E-state index in [0.29, 0.717) is 6.42 Å². The fourth-order valence-corrected chi connectivity index (χ4v) is 1.89. The van der Waals surface area contributed by atoms with E-state index in [2.05, 4.69) is 10.6 Å². The summed E-state index contributed by atoms with van der Waals surface area (Å²) < 4.78 is 13.4. The highest BCUT2D eigenvalue weighted by atomic mass is 35.5. The van der Waals surface area contributed by atoms with Crippen LogP contribution in [0.4, 0.5) is 14.9 Å². The van der Waals surface area contributed by atoms with Crippen LogP contribution in [0.1, 0.15) is 26.2 Å². The highest BCUT2D eigenvalue weighted by molar-refractivity contribution is 6.30. The highest BCUT2D eigenvalue weighted by Gasteiger charge is 2.16. The highest BCUT2D eigenvalue weighted by Crippen LogP contribution is 2.19. The van der Waals surface area contributed by atoms with Crippen LogP contribution >= 0.6 is 11.6 Å². The molecule has 3 N–H and O–H groups in total. The van der Waals surface area contributed by atoms with E-state index < -0.39 is 23.9 Å². The van der Waals surface area contributed by atoms with Gasteiger partial charge in [-0.25, -0.2) is 9.18 Å². The summed E-state index contributed by atoms with van der Waals surface area (Å²) in [7, 11) is 0. The largest absolute Gasteiger partial charge is 0.481 e. The standard InChI is InChI=1S/C13H16ClFN2O3/c1-2-3-9(7-12(18)19)16-13(20)17-11-6-8(14)4-5-10(11)15/h4-6,9H,2-3,7H2,1H3,(H,18,19)(H2,16,17,20). The van der Waals surface area contributed by atoms with E-state index in [9.17, 15) is 14.0 Å². The van der Waals surface area contributed by atoms with E-state index in [4.69, 9.17) is 16.7 Å². The Balaban J connectivity index is 2.65. The second kappa shape index (κ2) is 7.69. The summed E-state index contributed by atoms with van der Waals surface area (Å²) in [6, 6.07) is 2.62. The normalized spacial score (nSPS) is 11.8. The van der Waals surface area contributed by atoms with Crippen LogP contribution in [0, 0.1) is 5.82 Å². The number of hydrogen-bond acceptors (Lipinski definition) is 2. The molecule has 1 atom stereocenters. The van der Waals surface area contributed by atoms with Gasteiger partial charge in [-0.1, -0.05) is 24.9 Å². The zero-order chi connectivity index (χ0) is 15.1. The van der Waals surface area contributed by atoms with E-state index in [0.717, 1.165) is 12.5 Å². The van der Waals surface area contributed by atoms with E-state index in [-0.39, 0.29) is 17.1 Å². The number of halogens is 2. The number of rotatable bonds is 6. The third-order valence-electron chi connectivity index (χ3n) is 2.57. The van der Waals surface area contributed by atoms with Crippen molar-refractivity contribution in [1.29, 1.82) is 0 Å². The first-order valence-corrected chi connectivity index (χ1v) is 6.54. The molecule has 0 fully saturated rings. The summed E-state index contributed by atoms with van der Waals surface area (Å²) in [5.41, 5.74) is -0.0550. The summed E-state index contributed by atoms with van der Waals surface area (Å²) in [4.78, 5) is 22.4. The molecule has 0 heterocycles. The van der Waals surface area contributed by atoms with Crippen LogP contribution in [0.5, 0.6) is 0 Å². The fraction of sp³-hybridized carbons (Fsp3) is 0.385. The van der Waals surface area contributed by atoms with Crippen LogP contribution in [0.25, 0.3) is 0 Å². The minimum absolute atomic E-state index is 0.0550. The first-order valence-electron chi connectivity index (χ1n) is 6.16. The lowest BCUT2D eigenvalue weighted by atomic mass is 10.1. The Labute approximate surface area is 121 Å². The van der Waals surface area contributed by atoms with Gasteiger partial charge < -0.3 is 15.7 Å². The lowest BCUT2D eigenvalue weighted by Gasteiger charge is -2.16. The van der Waals surface area contributed by atoms with Gasteiger partial charge in [0.05, 0.1) is 12.1 Å². The summed E-state index contributed by atoms with van der Waals surface area (Å²) in [6.45, 7) is 1.88. The molecular formula is C13H16ClFN2O3. The van der Waals surface area contributed by atoms with Gasteiger partial charge in [0.15, 0.2) is 0 Å². The van der Waals surface area contributed by atoms with Crippen LogP contribution in [-0.4, -0.2) is 23.1 Å². The Morgan fingerprint density at radius 1 is 1.45 bits per heavy atom. The van der Waals surface area contributed by atoms with E-state index in [1.54, 1.807) is 0 Å². The first-order chi connectivity index (χ1) is 9.42. The number of anilines is 1. The van der Waals surface area contributed by atoms with Gasteiger partial charge in [0.1, 0.15) is 5.82 Å². The summed E-state index contributed by atoms with van der Waals surface area (Å²) in [5, 5.41) is 13.8. The minimum Gasteiger partial charge on any atom is -0.481 e. The molecule has 0 saturated carbocycles. The number of nitrogens with one attached hydrogen (secondary N) is 2. The molecule has 0 radical (unpaired) electrons. The molecule has 0 aliphatic carbocycles. The molecule has 0 saturated heterocycles. The van der Waals surface area contributed by atoms with Gasteiger partial charge in [0.2, 0.25) is 0 Å². The molecule has 0 spiro atoms. The van der Waals surface area contributed by atoms with E-state index in [1.165, 1.54) is 12.1 Å². The number of carbonyl (C=O) groups excluding carboxylic acids is 1. The molecular weight excluding hydrogens is 287 g/mol. The second-order valence-corrected chi connectivity index (χ2v) is 4.74. The van der Waals surface area contributed by atoms with E-state index in [1.807, 2.05) is 6.92 Å². The predicted molar refractivity (Wildman–Crippen MR) is 74.5 cm³/mol. The Hall–Kier alpha value is -1.82. The van der Waals surface area contributed by atoms with Crippen molar-refractivity contribution in [2.75, 3.05) is 5.32 Å². The van der Waals surface area contributed by atoms with E-state index >= 15 is 0 Å². The number of benzene rings is 1. The third-order valence-corrected chi connectivity index (χ3v) is 2.81. The Morgan fingerprint density at radius 2 is 2.15 bits per heavy atom. The number of urea groups is 1. The molecule has 20 heavy (non-hydrogen) atoms. The summed E-state index contributed by atoms with van der Waals surface area (Å²) in [6.07, 6.45) is 1.07. The van der Waals surface area contributed by atoms with Gasteiger partial charge in [0.25, 0.3) is 0 Å². The molecule has 1 rings (SSSR count). The molecule has 1 aromatic carbocycles. The monoisotopic (exact) mass is 302 g/mol. The fourth-order valence-electron chi connectivity index (χ4n) is 1.72. The van der Waals surface area contributed by atoms with Crippen molar-refractivity contribution in [1.82, 2.24) is 5.32 Å². The number of aliphatic carboxylic acids is 1. The van der Waals surface area contributed by atoms with Crippen molar-refractivity contribution in [3.8, 4) is 0 Å². The smallest absolute Gasteiger partial charge is 0.319 e. The zero-order valence-electron chi connectivity index (χ0n) is 11.0. The van der Waals surface area contributed by atoms with Crippen molar-refractivity contribution in [2.45, 2.75) is 32.2 Å². The molecule has 2 amide bonds. The number of carbonyl (C=O) groups is 2. The third kappa shape index (κ3) is 5.44. The molecule has 1 unspecified atom stereocenters. The molecule has 0 aliphatic heterocycles. The van der Waals surface area contributed by atoms with Crippen LogP contribution in [0.2, 0.25) is 5.02 Å². The number of carboxylic acids is 1. The molecule has 1 aromatic rings. The summed E-state index contributed by atoms with van der Waals surface area (Å²) in [5.74, 6) is -1.62. The molecule has 0 aliphatic rings. The van der Waals surface area contributed by atoms with Crippen LogP contribution < -0.4 is 10.6 Å². The molecule has 110 valence electrons. The average molecular weight is 303 g/mol. The van der Waals surface area contributed by atoms with Gasteiger partial charge in [-0.2, -0.15) is 0 Å². The maximum atomic E-state index is 13.4. The Kier molecular flexibility index (Phi) is 6.24. The molecule has 7 heteroatoms. The lowest BCUT2D eigenvalue weighted by Crippen LogP contribution is -2.39. The van der Waals surface area contributed by atoms with Crippen LogP contribution in [-0.2, 0) is 4.79 Å². The lowest BCUT2D eigenvalue weighted by molar-refractivity contribution is -0.137. The van der Waals surface area contributed by atoms with Gasteiger partial charge in [-0.15, -0.1) is 0 Å². The van der Waals surface area contributed by atoms with Crippen molar-refractivity contribution in [2.24, 2.45) is 0 Å². The topological polar surface area (TPSA) is 78.4 Å². The van der Waals surface area contributed by atoms with Crippen molar-refractivity contribution in [3.63, 3.8) is 0 Å². The van der Waals surface area contributed by atoms with Gasteiger partial charge in [-0.05, 0) is 24.6 Å². The first kappa shape index (κ1) is 16.2. The summed E-state index contributed by atoms with van der Waals surface area (Å²) >= 11 is 5.71.